The first-order valence-electron chi connectivity index (χ1n) is 8.64. The number of aliphatic carboxylic acids is 1. The van der Waals surface area contributed by atoms with E-state index in [1.165, 1.54) is 0 Å². The van der Waals surface area contributed by atoms with Crippen LogP contribution in [0.25, 0.3) is 11.1 Å². The number of aromatic amines is 1. The molecule has 3 rings (SSSR count). The number of hydrogen-bond donors (Lipinski definition) is 2. The molecule has 2 heterocycles. The molecule has 2 atom stereocenters. The molecular weight excluding hydrogens is 330 g/mol. The van der Waals surface area contributed by atoms with E-state index in [9.17, 15) is 9.90 Å². The molecule has 0 aliphatic rings. The van der Waals surface area contributed by atoms with Gasteiger partial charge in [0.2, 0.25) is 0 Å². The van der Waals surface area contributed by atoms with Gasteiger partial charge in [-0.2, -0.15) is 5.21 Å². The quantitative estimate of drug-likeness (QED) is 0.646. The number of nitrogens with zero attached hydrogens (tertiary/aromatic N) is 4. The standard InChI is InChI=1S/C19H21N5O2/c1-2-5-16(19(25)26)17(18-21-23-24-22-18)11-13-6-3-7-14(10-13)15-8-4-9-20-12-15/h3-4,6-10,12,16-17H,2,5,11H2,1H3,(H,25,26)(H,21,22,23,24)/t16-,17-/m0/s1. The van der Waals surface area contributed by atoms with Crippen LogP contribution in [0.15, 0.2) is 48.8 Å². The third-order valence-corrected chi connectivity index (χ3v) is 4.47. The van der Waals surface area contributed by atoms with Crippen molar-refractivity contribution in [1.29, 1.82) is 0 Å². The number of aromatic nitrogens is 5. The summed E-state index contributed by atoms with van der Waals surface area (Å²) >= 11 is 0. The zero-order valence-electron chi connectivity index (χ0n) is 14.5. The maximum absolute atomic E-state index is 11.8. The van der Waals surface area contributed by atoms with E-state index < -0.39 is 11.9 Å². The van der Waals surface area contributed by atoms with E-state index in [1.807, 2.05) is 43.5 Å². The van der Waals surface area contributed by atoms with Crippen molar-refractivity contribution in [1.82, 2.24) is 25.6 Å². The molecule has 0 amide bonds. The highest BCUT2D eigenvalue weighted by Gasteiger charge is 2.32. The molecule has 0 saturated heterocycles. The molecule has 26 heavy (non-hydrogen) atoms. The van der Waals surface area contributed by atoms with Crippen LogP contribution in [0.1, 0.15) is 37.1 Å². The van der Waals surface area contributed by atoms with Gasteiger partial charge in [-0.15, -0.1) is 10.2 Å². The Balaban J connectivity index is 1.91. The number of hydrogen-bond acceptors (Lipinski definition) is 5. The Morgan fingerprint density at radius 2 is 2.08 bits per heavy atom. The first-order valence-corrected chi connectivity index (χ1v) is 8.64. The molecule has 3 aromatic rings. The number of carboxylic acid groups (broad SMARTS) is 1. The zero-order chi connectivity index (χ0) is 18.4. The Morgan fingerprint density at radius 1 is 1.23 bits per heavy atom. The Morgan fingerprint density at radius 3 is 2.73 bits per heavy atom. The molecule has 2 aromatic heterocycles. The minimum atomic E-state index is -0.829. The van der Waals surface area contributed by atoms with Crippen molar-refractivity contribution in [3.8, 4) is 11.1 Å². The molecule has 7 heteroatoms. The van der Waals surface area contributed by atoms with Gasteiger partial charge in [-0.3, -0.25) is 9.78 Å². The van der Waals surface area contributed by atoms with Gasteiger partial charge in [0.15, 0.2) is 5.82 Å². The van der Waals surface area contributed by atoms with Gasteiger partial charge in [0.25, 0.3) is 0 Å². The number of tetrazole rings is 1. The molecule has 0 spiro atoms. The average Bonchev–Trinajstić information content (AvgIpc) is 3.20. The van der Waals surface area contributed by atoms with E-state index in [-0.39, 0.29) is 5.92 Å². The van der Waals surface area contributed by atoms with Crippen LogP contribution in [0, 0.1) is 5.92 Å². The molecule has 0 unspecified atom stereocenters. The lowest BCUT2D eigenvalue weighted by Crippen LogP contribution is -2.25. The van der Waals surface area contributed by atoms with E-state index >= 15 is 0 Å². The lowest BCUT2D eigenvalue weighted by Gasteiger charge is -2.21. The minimum Gasteiger partial charge on any atom is -0.481 e. The van der Waals surface area contributed by atoms with Gasteiger partial charge in [-0.05, 0) is 35.6 Å². The first kappa shape index (κ1) is 17.7. The number of nitrogens with one attached hydrogen (secondary N) is 1. The smallest absolute Gasteiger partial charge is 0.307 e. The second-order valence-electron chi connectivity index (χ2n) is 6.26. The number of carbonyl (C=O) groups is 1. The van der Waals surface area contributed by atoms with Crippen molar-refractivity contribution in [2.75, 3.05) is 0 Å². The van der Waals surface area contributed by atoms with Gasteiger partial charge in [0.05, 0.1) is 5.92 Å². The number of carboxylic acids is 1. The Labute approximate surface area is 151 Å². The summed E-state index contributed by atoms with van der Waals surface area (Å²) in [6, 6.07) is 11.9. The van der Waals surface area contributed by atoms with Gasteiger partial charge in [-0.25, -0.2) is 0 Å². The number of pyridine rings is 1. The van der Waals surface area contributed by atoms with E-state index in [1.54, 1.807) is 6.20 Å². The highest BCUT2D eigenvalue weighted by molar-refractivity contribution is 5.71. The van der Waals surface area contributed by atoms with Crippen LogP contribution in [-0.2, 0) is 11.2 Å². The maximum Gasteiger partial charge on any atom is 0.307 e. The average molecular weight is 351 g/mol. The molecule has 0 bridgehead atoms. The van der Waals surface area contributed by atoms with Crippen LogP contribution in [0.2, 0.25) is 0 Å². The van der Waals surface area contributed by atoms with Crippen molar-refractivity contribution < 1.29 is 9.90 Å². The van der Waals surface area contributed by atoms with E-state index in [2.05, 4.69) is 31.7 Å². The second kappa shape index (κ2) is 8.33. The van der Waals surface area contributed by atoms with E-state index in [0.29, 0.717) is 18.7 Å². The summed E-state index contributed by atoms with van der Waals surface area (Å²) in [6.07, 6.45) is 5.43. The normalized spacial score (nSPS) is 13.3. The SMILES string of the molecule is CCC[C@H](C(=O)O)[C@H](Cc1cccc(-c2cccnc2)c1)c1nn[nH]n1. The fourth-order valence-corrected chi connectivity index (χ4v) is 3.21. The molecular formula is C19H21N5O2. The highest BCUT2D eigenvalue weighted by atomic mass is 16.4. The molecule has 0 saturated carbocycles. The van der Waals surface area contributed by atoms with Crippen LogP contribution < -0.4 is 0 Å². The van der Waals surface area contributed by atoms with Gasteiger partial charge in [-0.1, -0.05) is 48.9 Å². The predicted octanol–water partition coefficient (Wildman–Crippen LogP) is 3.09. The minimum absolute atomic E-state index is 0.338. The molecule has 0 aliphatic carbocycles. The number of rotatable bonds is 8. The number of H-pyrrole nitrogens is 1. The molecule has 1 aromatic carbocycles. The third-order valence-electron chi connectivity index (χ3n) is 4.47. The van der Waals surface area contributed by atoms with Crippen LogP contribution >= 0.6 is 0 Å². The van der Waals surface area contributed by atoms with E-state index in [4.69, 9.17) is 0 Å². The molecule has 0 fully saturated rings. The van der Waals surface area contributed by atoms with E-state index in [0.717, 1.165) is 23.1 Å². The van der Waals surface area contributed by atoms with Crippen LogP contribution in [0.3, 0.4) is 0 Å². The van der Waals surface area contributed by atoms with Crippen molar-refractivity contribution in [3.63, 3.8) is 0 Å². The largest absolute Gasteiger partial charge is 0.481 e. The third kappa shape index (κ3) is 4.11. The summed E-state index contributed by atoms with van der Waals surface area (Å²) in [7, 11) is 0. The van der Waals surface area contributed by atoms with Gasteiger partial charge >= 0.3 is 5.97 Å². The van der Waals surface area contributed by atoms with Gasteiger partial charge in [0.1, 0.15) is 0 Å². The van der Waals surface area contributed by atoms with Crippen LogP contribution in [-0.4, -0.2) is 36.7 Å². The fourth-order valence-electron chi connectivity index (χ4n) is 3.21. The summed E-state index contributed by atoms with van der Waals surface area (Å²) in [5.74, 6) is -1.28. The molecule has 134 valence electrons. The van der Waals surface area contributed by atoms with Crippen molar-refractivity contribution in [3.05, 3.63) is 60.2 Å². The summed E-state index contributed by atoms with van der Waals surface area (Å²) in [6.45, 7) is 1.98. The van der Waals surface area contributed by atoms with Crippen molar-refractivity contribution in [2.24, 2.45) is 5.92 Å². The Hall–Kier alpha value is -3.09. The summed E-state index contributed by atoms with van der Waals surface area (Å²) in [5.41, 5.74) is 3.10. The second-order valence-corrected chi connectivity index (χ2v) is 6.26. The summed E-state index contributed by atoms with van der Waals surface area (Å²) in [4.78, 5) is 16.0. The maximum atomic E-state index is 11.8. The van der Waals surface area contributed by atoms with Crippen molar-refractivity contribution >= 4 is 5.97 Å². The lowest BCUT2D eigenvalue weighted by atomic mass is 9.83. The predicted molar refractivity (Wildman–Crippen MR) is 96.3 cm³/mol. The molecule has 0 aliphatic heterocycles. The lowest BCUT2D eigenvalue weighted by molar-refractivity contribution is -0.142. The van der Waals surface area contributed by atoms with Crippen molar-refractivity contribution in [2.45, 2.75) is 32.1 Å². The fraction of sp³-hybridized carbons (Fsp3) is 0.316. The number of benzene rings is 1. The van der Waals surface area contributed by atoms with Gasteiger partial charge in [0, 0.05) is 18.3 Å². The van der Waals surface area contributed by atoms with Gasteiger partial charge < -0.3 is 5.11 Å². The topological polar surface area (TPSA) is 105 Å². The molecule has 2 N–H and O–H groups in total. The highest BCUT2D eigenvalue weighted by Crippen LogP contribution is 2.31. The Kier molecular flexibility index (Phi) is 5.68. The first-order chi connectivity index (χ1) is 12.7. The monoisotopic (exact) mass is 351 g/mol. The molecule has 0 radical (unpaired) electrons. The Bertz CT molecular complexity index is 836. The summed E-state index contributed by atoms with van der Waals surface area (Å²) in [5, 5.41) is 23.9. The zero-order valence-corrected chi connectivity index (χ0v) is 14.5. The summed E-state index contributed by atoms with van der Waals surface area (Å²) < 4.78 is 0. The van der Waals surface area contributed by atoms with Crippen LogP contribution in [0.4, 0.5) is 0 Å². The molecule has 7 nitrogen and oxygen atoms in total. The van der Waals surface area contributed by atoms with Crippen LogP contribution in [0.5, 0.6) is 0 Å².